The van der Waals surface area contributed by atoms with E-state index in [2.05, 4.69) is 27.3 Å². The summed E-state index contributed by atoms with van der Waals surface area (Å²) < 4.78 is 24.6. The molecule has 3 N–H and O–H groups in total. The van der Waals surface area contributed by atoms with Gasteiger partial charge in [0.25, 0.3) is 0 Å². The van der Waals surface area contributed by atoms with Crippen molar-refractivity contribution in [3.8, 4) is 11.3 Å². The van der Waals surface area contributed by atoms with E-state index in [-0.39, 0.29) is 4.90 Å². The minimum Gasteiger partial charge on any atom is -0.350 e. The average Bonchev–Trinajstić information content (AvgIpc) is 2.93. The second-order valence-electron chi connectivity index (χ2n) is 6.17. The minimum atomic E-state index is -3.68. The third-order valence-electron chi connectivity index (χ3n) is 4.30. The fourth-order valence-electron chi connectivity index (χ4n) is 2.94. The number of sulfonamides is 1. The Bertz CT molecular complexity index is 1060. The highest BCUT2D eigenvalue weighted by molar-refractivity contribution is 7.89. The molecule has 0 aliphatic carbocycles. The van der Waals surface area contributed by atoms with Crippen molar-refractivity contribution in [1.29, 1.82) is 0 Å². The molecule has 0 saturated carbocycles. The van der Waals surface area contributed by atoms with Gasteiger partial charge < -0.3 is 5.32 Å². The van der Waals surface area contributed by atoms with Crippen molar-refractivity contribution in [3.05, 3.63) is 53.5 Å². The number of nitrogens with zero attached hydrogens (tertiary/aromatic N) is 4. The van der Waals surface area contributed by atoms with Crippen LogP contribution in [0.2, 0.25) is 0 Å². The molecule has 0 radical (unpaired) electrons. The van der Waals surface area contributed by atoms with E-state index in [1.807, 2.05) is 24.6 Å². The summed E-state index contributed by atoms with van der Waals surface area (Å²) in [7, 11) is -3.68. The first-order valence-electron chi connectivity index (χ1n) is 8.52. The number of hydrogen-bond acceptors (Lipinski definition) is 6. The zero-order valence-corrected chi connectivity index (χ0v) is 16.3. The number of primary sulfonamides is 1. The Balaban J connectivity index is 1.78. The molecule has 2 aromatic heterocycles. The molecule has 0 fully saturated rings. The molecule has 0 aliphatic rings. The summed E-state index contributed by atoms with van der Waals surface area (Å²) in [6.07, 6.45) is 1.71. The Hall–Kier alpha value is -2.78. The van der Waals surface area contributed by atoms with Gasteiger partial charge in [-0.2, -0.15) is 5.10 Å². The number of nitrogens with one attached hydrogen (secondary N) is 1. The summed E-state index contributed by atoms with van der Waals surface area (Å²) in [6, 6.07) is 8.24. The third kappa shape index (κ3) is 4.15. The fraction of sp³-hybridized carbons (Fsp3) is 0.278. The monoisotopic (exact) mass is 386 g/mol. The molecule has 0 atom stereocenters. The van der Waals surface area contributed by atoms with Gasteiger partial charge in [-0.3, -0.25) is 4.68 Å². The van der Waals surface area contributed by atoms with Gasteiger partial charge in [-0.25, -0.2) is 23.5 Å². The molecule has 0 bridgehead atoms. The van der Waals surface area contributed by atoms with Crippen LogP contribution in [0.25, 0.3) is 11.3 Å². The van der Waals surface area contributed by atoms with Gasteiger partial charge >= 0.3 is 0 Å². The van der Waals surface area contributed by atoms with Gasteiger partial charge in [-0.15, -0.1) is 0 Å². The number of benzene rings is 1. The van der Waals surface area contributed by atoms with Crippen molar-refractivity contribution in [2.24, 2.45) is 5.14 Å². The smallest absolute Gasteiger partial charge is 0.238 e. The summed E-state index contributed by atoms with van der Waals surface area (Å²) in [5.74, 6) is 0.492. The number of aromatic nitrogens is 4. The summed E-state index contributed by atoms with van der Waals surface area (Å²) in [5, 5.41) is 12.8. The van der Waals surface area contributed by atoms with E-state index in [0.717, 1.165) is 34.8 Å². The van der Waals surface area contributed by atoms with E-state index < -0.39 is 10.0 Å². The zero-order chi connectivity index (χ0) is 19.6. The Labute approximate surface area is 158 Å². The van der Waals surface area contributed by atoms with E-state index in [1.165, 1.54) is 12.1 Å². The number of anilines is 1. The van der Waals surface area contributed by atoms with Gasteiger partial charge in [0.15, 0.2) is 0 Å². The lowest BCUT2D eigenvalue weighted by Crippen LogP contribution is -2.12. The second-order valence-corrected chi connectivity index (χ2v) is 7.73. The molecule has 1 aromatic carbocycles. The van der Waals surface area contributed by atoms with Gasteiger partial charge in [-0.1, -0.05) is 12.1 Å². The molecule has 8 nitrogen and oxygen atoms in total. The minimum absolute atomic E-state index is 0.0865. The molecule has 0 spiro atoms. The lowest BCUT2D eigenvalue weighted by molar-refractivity contribution is 0.598. The number of rotatable bonds is 6. The predicted molar refractivity (Wildman–Crippen MR) is 104 cm³/mol. The lowest BCUT2D eigenvalue weighted by Gasteiger charge is -2.08. The molecule has 2 heterocycles. The van der Waals surface area contributed by atoms with Crippen LogP contribution in [0.5, 0.6) is 0 Å². The number of nitrogens with two attached hydrogens (primary N) is 1. The Kier molecular flexibility index (Phi) is 5.24. The molecule has 3 aromatic rings. The molecule has 0 amide bonds. The van der Waals surface area contributed by atoms with Crippen LogP contribution in [-0.2, 0) is 23.1 Å². The molecular formula is C18H22N6O2S. The summed E-state index contributed by atoms with van der Waals surface area (Å²) >= 11 is 0. The zero-order valence-electron chi connectivity index (χ0n) is 15.5. The van der Waals surface area contributed by atoms with E-state index in [4.69, 9.17) is 5.14 Å². The second kappa shape index (κ2) is 7.45. The summed E-state index contributed by atoms with van der Waals surface area (Å²) in [4.78, 5) is 8.94. The predicted octanol–water partition coefficient (Wildman–Crippen LogP) is 2.24. The van der Waals surface area contributed by atoms with Gasteiger partial charge in [0.05, 0.1) is 16.3 Å². The Morgan fingerprint density at radius 2 is 1.85 bits per heavy atom. The normalized spacial score (nSPS) is 11.6. The summed E-state index contributed by atoms with van der Waals surface area (Å²) in [6.45, 7) is 7.31. The van der Waals surface area contributed by atoms with Gasteiger partial charge in [0.1, 0.15) is 0 Å². The Morgan fingerprint density at radius 3 is 2.44 bits per heavy atom. The molecule has 27 heavy (non-hydrogen) atoms. The van der Waals surface area contributed by atoms with Gasteiger partial charge in [0, 0.05) is 30.5 Å². The maximum absolute atomic E-state index is 11.3. The highest BCUT2D eigenvalue weighted by atomic mass is 32.2. The fourth-order valence-corrected chi connectivity index (χ4v) is 3.45. The molecule has 9 heteroatoms. The van der Waals surface area contributed by atoms with E-state index in [0.29, 0.717) is 12.5 Å². The maximum atomic E-state index is 11.3. The first-order chi connectivity index (χ1) is 12.8. The van der Waals surface area contributed by atoms with Crippen LogP contribution in [0.1, 0.15) is 23.9 Å². The van der Waals surface area contributed by atoms with Crippen molar-refractivity contribution in [2.45, 2.75) is 38.8 Å². The highest BCUT2D eigenvalue weighted by Crippen LogP contribution is 2.25. The molecular weight excluding hydrogens is 364 g/mol. The topological polar surface area (TPSA) is 116 Å². The van der Waals surface area contributed by atoms with E-state index in [9.17, 15) is 8.42 Å². The summed E-state index contributed by atoms with van der Waals surface area (Å²) in [5.41, 5.74) is 4.71. The van der Waals surface area contributed by atoms with Crippen molar-refractivity contribution >= 4 is 16.0 Å². The number of aryl methyl sites for hydroxylation is 2. The van der Waals surface area contributed by atoms with Crippen LogP contribution >= 0.6 is 0 Å². The number of hydrogen-bond donors (Lipinski definition) is 2. The van der Waals surface area contributed by atoms with E-state index in [1.54, 1.807) is 18.3 Å². The maximum Gasteiger partial charge on any atom is 0.238 e. The first-order valence-corrected chi connectivity index (χ1v) is 10.1. The average molecular weight is 386 g/mol. The van der Waals surface area contributed by atoms with Crippen LogP contribution in [0.4, 0.5) is 5.95 Å². The van der Waals surface area contributed by atoms with Crippen LogP contribution in [0.3, 0.4) is 0 Å². The molecule has 0 saturated heterocycles. The third-order valence-corrected chi connectivity index (χ3v) is 5.22. The van der Waals surface area contributed by atoms with Crippen molar-refractivity contribution < 1.29 is 8.42 Å². The molecule has 0 aliphatic heterocycles. The molecule has 0 unspecified atom stereocenters. The SMILES string of the molecule is CCn1nc(C)c(-c2ccnc(NCc3ccc(S(N)(=O)=O)cc3)n2)c1C. The van der Waals surface area contributed by atoms with Crippen molar-refractivity contribution in [3.63, 3.8) is 0 Å². The van der Waals surface area contributed by atoms with Crippen LogP contribution in [0.15, 0.2) is 41.4 Å². The van der Waals surface area contributed by atoms with Crippen LogP contribution in [0, 0.1) is 13.8 Å². The van der Waals surface area contributed by atoms with Crippen molar-refractivity contribution in [1.82, 2.24) is 19.7 Å². The van der Waals surface area contributed by atoms with Crippen LogP contribution in [-0.4, -0.2) is 28.2 Å². The lowest BCUT2D eigenvalue weighted by atomic mass is 10.1. The molecule has 142 valence electrons. The quantitative estimate of drug-likeness (QED) is 0.671. The van der Waals surface area contributed by atoms with Crippen molar-refractivity contribution in [2.75, 3.05) is 5.32 Å². The largest absolute Gasteiger partial charge is 0.350 e. The van der Waals surface area contributed by atoms with E-state index >= 15 is 0 Å². The standard InChI is InChI=1S/C18H22N6O2S/c1-4-24-13(3)17(12(2)23-24)16-9-10-20-18(22-16)21-11-14-5-7-15(8-6-14)27(19,25)26/h5-10H,4,11H2,1-3H3,(H2,19,25,26)(H,20,21,22). The molecule has 3 rings (SSSR count). The van der Waals surface area contributed by atoms with Gasteiger partial charge in [-0.05, 0) is 44.5 Å². The Morgan fingerprint density at radius 1 is 1.15 bits per heavy atom. The van der Waals surface area contributed by atoms with Crippen LogP contribution < -0.4 is 10.5 Å². The van der Waals surface area contributed by atoms with Gasteiger partial charge in [0.2, 0.25) is 16.0 Å². The first kappa shape index (κ1) is 19.0. The highest BCUT2D eigenvalue weighted by Gasteiger charge is 2.14.